The molecule has 0 bridgehead atoms. The zero-order chi connectivity index (χ0) is 9.84. The SMILES string of the molecule is O=Cc1sccc1C(O)C(O)CCl. The molecule has 0 spiro atoms. The largest absolute Gasteiger partial charge is 0.389 e. The molecule has 72 valence electrons. The van der Waals surface area contributed by atoms with Crippen LogP contribution in [0.2, 0.25) is 0 Å². The second-order valence-corrected chi connectivity index (χ2v) is 3.78. The van der Waals surface area contributed by atoms with E-state index in [0.29, 0.717) is 16.7 Å². The average molecular weight is 221 g/mol. The number of alkyl halides is 1. The molecule has 0 aliphatic carbocycles. The number of rotatable bonds is 4. The van der Waals surface area contributed by atoms with Gasteiger partial charge in [-0.15, -0.1) is 22.9 Å². The van der Waals surface area contributed by atoms with Gasteiger partial charge >= 0.3 is 0 Å². The van der Waals surface area contributed by atoms with Crippen LogP contribution in [0.4, 0.5) is 0 Å². The second-order valence-electron chi connectivity index (χ2n) is 2.52. The van der Waals surface area contributed by atoms with Gasteiger partial charge in [0.25, 0.3) is 0 Å². The predicted molar refractivity (Wildman–Crippen MR) is 51.4 cm³/mol. The Morgan fingerprint density at radius 2 is 2.31 bits per heavy atom. The molecular formula is C8H9ClO3S. The van der Waals surface area contributed by atoms with Gasteiger partial charge in [0, 0.05) is 5.56 Å². The number of carbonyl (C=O) groups is 1. The third-order valence-corrected chi connectivity index (χ3v) is 2.85. The lowest BCUT2D eigenvalue weighted by atomic mass is 10.1. The van der Waals surface area contributed by atoms with E-state index in [0.717, 1.165) is 0 Å². The molecule has 0 aliphatic heterocycles. The molecule has 0 aromatic carbocycles. The third-order valence-electron chi connectivity index (χ3n) is 1.68. The molecule has 0 saturated heterocycles. The van der Waals surface area contributed by atoms with Crippen LogP contribution in [0, 0.1) is 0 Å². The number of halogens is 1. The summed E-state index contributed by atoms with van der Waals surface area (Å²) in [7, 11) is 0. The molecule has 1 aromatic heterocycles. The third kappa shape index (κ3) is 2.28. The number of carbonyl (C=O) groups excluding carboxylic acids is 1. The van der Waals surface area contributed by atoms with Crippen molar-refractivity contribution in [3.05, 3.63) is 21.9 Å². The van der Waals surface area contributed by atoms with E-state index >= 15 is 0 Å². The van der Waals surface area contributed by atoms with E-state index in [1.54, 1.807) is 11.4 Å². The lowest BCUT2D eigenvalue weighted by Crippen LogP contribution is -2.20. The highest BCUT2D eigenvalue weighted by atomic mass is 35.5. The minimum atomic E-state index is -1.08. The van der Waals surface area contributed by atoms with Gasteiger partial charge in [0.15, 0.2) is 6.29 Å². The zero-order valence-corrected chi connectivity index (χ0v) is 8.26. The van der Waals surface area contributed by atoms with Gasteiger partial charge in [0.05, 0.1) is 16.9 Å². The highest BCUT2D eigenvalue weighted by molar-refractivity contribution is 7.11. The lowest BCUT2D eigenvalue weighted by molar-refractivity contribution is 0.0326. The van der Waals surface area contributed by atoms with Gasteiger partial charge < -0.3 is 10.2 Å². The van der Waals surface area contributed by atoms with Crippen molar-refractivity contribution < 1.29 is 15.0 Å². The van der Waals surface area contributed by atoms with Crippen molar-refractivity contribution in [3.63, 3.8) is 0 Å². The predicted octanol–water partition coefficient (Wildman–Crippen LogP) is 1.19. The summed E-state index contributed by atoms with van der Waals surface area (Å²) >= 11 is 6.59. The van der Waals surface area contributed by atoms with Crippen LogP contribution in [0.25, 0.3) is 0 Å². The summed E-state index contributed by atoms with van der Waals surface area (Å²) < 4.78 is 0. The van der Waals surface area contributed by atoms with Crippen molar-refractivity contribution in [3.8, 4) is 0 Å². The summed E-state index contributed by atoms with van der Waals surface area (Å²) in [6.07, 6.45) is -1.46. The van der Waals surface area contributed by atoms with Gasteiger partial charge in [0.2, 0.25) is 0 Å². The van der Waals surface area contributed by atoms with E-state index in [1.165, 1.54) is 11.3 Å². The second kappa shape index (κ2) is 4.72. The monoisotopic (exact) mass is 220 g/mol. The normalized spacial score (nSPS) is 15.3. The Bertz CT molecular complexity index is 287. The quantitative estimate of drug-likeness (QED) is 0.592. The average Bonchev–Trinajstić information content (AvgIpc) is 2.62. The van der Waals surface area contributed by atoms with Crippen LogP contribution in [0.3, 0.4) is 0 Å². The van der Waals surface area contributed by atoms with Gasteiger partial charge in [-0.25, -0.2) is 0 Å². The van der Waals surface area contributed by atoms with Crippen molar-refractivity contribution in [1.29, 1.82) is 0 Å². The first-order chi connectivity index (χ1) is 6.20. The summed E-state index contributed by atoms with van der Waals surface area (Å²) in [5.74, 6) is -0.0602. The van der Waals surface area contributed by atoms with Crippen LogP contribution in [0.5, 0.6) is 0 Å². The van der Waals surface area contributed by atoms with Crippen LogP contribution in [-0.4, -0.2) is 28.5 Å². The van der Waals surface area contributed by atoms with E-state index in [1.807, 2.05) is 0 Å². The molecule has 5 heteroatoms. The van der Waals surface area contributed by atoms with E-state index in [-0.39, 0.29) is 5.88 Å². The number of aliphatic hydroxyl groups excluding tert-OH is 2. The lowest BCUT2D eigenvalue weighted by Gasteiger charge is -2.14. The van der Waals surface area contributed by atoms with E-state index in [9.17, 15) is 15.0 Å². The molecule has 2 N–H and O–H groups in total. The summed E-state index contributed by atoms with van der Waals surface area (Å²) in [5, 5.41) is 20.4. The van der Waals surface area contributed by atoms with Crippen molar-refractivity contribution in [1.82, 2.24) is 0 Å². The highest BCUT2D eigenvalue weighted by Crippen LogP contribution is 2.24. The zero-order valence-electron chi connectivity index (χ0n) is 6.68. The molecule has 2 atom stereocenters. The summed E-state index contributed by atoms with van der Waals surface area (Å²) in [5.41, 5.74) is 0.438. The van der Waals surface area contributed by atoms with Crippen LogP contribution >= 0.6 is 22.9 Å². The molecule has 0 aliphatic rings. The number of hydrogen-bond acceptors (Lipinski definition) is 4. The summed E-state index contributed by atoms with van der Waals surface area (Å²) in [4.78, 5) is 10.9. The summed E-state index contributed by atoms with van der Waals surface area (Å²) in [6, 6.07) is 1.61. The maximum absolute atomic E-state index is 10.5. The van der Waals surface area contributed by atoms with Gasteiger partial charge in [-0.3, -0.25) is 4.79 Å². The smallest absolute Gasteiger partial charge is 0.160 e. The van der Waals surface area contributed by atoms with Gasteiger partial charge in [-0.1, -0.05) is 0 Å². The van der Waals surface area contributed by atoms with Crippen molar-refractivity contribution in [2.24, 2.45) is 0 Å². The molecule has 1 heterocycles. The molecule has 0 radical (unpaired) electrons. The Kier molecular flexibility index (Phi) is 3.87. The van der Waals surface area contributed by atoms with Gasteiger partial charge in [0.1, 0.15) is 6.10 Å². The number of hydrogen-bond donors (Lipinski definition) is 2. The van der Waals surface area contributed by atoms with Crippen LogP contribution in [0.1, 0.15) is 21.3 Å². The Morgan fingerprint density at radius 3 is 2.85 bits per heavy atom. The Labute approximate surface area is 84.6 Å². The van der Waals surface area contributed by atoms with Crippen LogP contribution in [0.15, 0.2) is 11.4 Å². The molecule has 1 rings (SSSR count). The maximum atomic E-state index is 10.5. The van der Waals surface area contributed by atoms with E-state index in [2.05, 4.69) is 0 Å². The Morgan fingerprint density at radius 1 is 1.62 bits per heavy atom. The van der Waals surface area contributed by atoms with Crippen molar-refractivity contribution in [2.45, 2.75) is 12.2 Å². The molecule has 0 saturated carbocycles. The van der Waals surface area contributed by atoms with Gasteiger partial charge in [-0.2, -0.15) is 0 Å². The molecule has 13 heavy (non-hydrogen) atoms. The minimum Gasteiger partial charge on any atom is -0.389 e. The standard InChI is InChI=1S/C8H9ClO3S/c9-3-6(11)8(12)5-1-2-13-7(5)4-10/h1-2,4,6,8,11-12H,3H2. The molecule has 3 nitrogen and oxygen atoms in total. The molecule has 1 aromatic rings. The Balaban J connectivity index is 2.87. The molecule has 2 unspecified atom stereocenters. The highest BCUT2D eigenvalue weighted by Gasteiger charge is 2.20. The van der Waals surface area contributed by atoms with Gasteiger partial charge in [-0.05, 0) is 11.4 Å². The topological polar surface area (TPSA) is 57.5 Å². The number of aldehydes is 1. The maximum Gasteiger partial charge on any atom is 0.160 e. The molecule has 0 fully saturated rings. The number of thiophene rings is 1. The minimum absolute atomic E-state index is 0.0602. The fourth-order valence-electron chi connectivity index (χ4n) is 0.963. The molecule has 0 amide bonds. The first-order valence-corrected chi connectivity index (χ1v) is 5.06. The summed E-state index contributed by atoms with van der Waals surface area (Å²) in [6.45, 7) is 0. The fraction of sp³-hybridized carbons (Fsp3) is 0.375. The Hall–Kier alpha value is -0.420. The first kappa shape index (κ1) is 10.7. The van der Waals surface area contributed by atoms with Crippen LogP contribution in [-0.2, 0) is 0 Å². The fourth-order valence-corrected chi connectivity index (χ4v) is 1.87. The van der Waals surface area contributed by atoms with E-state index in [4.69, 9.17) is 11.6 Å². The molecular weight excluding hydrogens is 212 g/mol. The first-order valence-electron chi connectivity index (χ1n) is 3.65. The number of aliphatic hydroxyl groups is 2. The van der Waals surface area contributed by atoms with Crippen molar-refractivity contribution >= 4 is 29.2 Å². The van der Waals surface area contributed by atoms with E-state index < -0.39 is 12.2 Å². The van der Waals surface area contributed by atoms with Crippen molar-refractivity contribution in [2.75, 3.05) is 5.88 Å². The van der Waals surface area contributed by atoms with Crippen LogP contribution < -0.4 is 0 Å².